The maximum atomic E-state index is 15.4. The van der Waals surface area contributed by atoms with E-state index < -0.39 is 144 Å². The van der Waals surface area contributed by atoms with Gasteiger partial charge in [0.15, 0.2) is 75.9 Å². The molecule has 0 fully saturated rings. The molecular formula is C36H9BF20N2OS. The number of benzene rings is 5. The first kappa shape index (κ1) is 45.6. The largest absolute Gasteiger partial charge is 0.294 e. The van der Waals surface area contributed by atoms with Gasteiger partial charge in [-0.3, -0.25) is 4.79 Å². The Bertz CT molecular complexity index is 2450. The summed E-state index contributed by atoms with van der Waals surface area (Å²) in [5, 5.41) is 10.5. The molecule has 25 heteroatoms. The maximum absolute atomic E-state index is 15.4. The molecule has 3 nitrogen and oxygen atoms in total. The third-order valence-corrected chi connectivity index (χ3v) is 9.64. The lowest BCUT2D eigenvalue weighted by atomic mass is 9.12. The van der Waals surface area contributed by atoms with Gasteiger partial charge in [-0.05, 0) is 0 Å². The van der Waals surface area contributed by atoms with E-state index in [-0.39, 0.29) is 12.3 Å². The molecule has 0 aliphatic rings. The quantitative estimate of drug-likeness (QED) is 0.0414. The zero-order chi connectivity index (χ0) is 45.7. The van der Waals surface area contributed by atoms with Crippen LogP contribution in [0.3, 0.4) is 0 Å². The number of aromatic nitrogens is 1. The SMILES string of the molecule is Fc1c(F)c(F)c([B-](c2c(F)c(F)c(F)c(F)c2F)(c2c(F)c(F)c(F)c(F)c2F)c2c(F)c(F)c(F)c(F)c2F)c(F)c1F.N#Cc1csc[n+]1CC(=O)c1ccccc1. The van der Waals surface area contributed by atoms with E-state index in [0.29, 0.717) is 11.3 Å². The lowest BCUT2D eigenvalue weighted by Gasteiger charge is -2.44. The highest BCUT2D eigenvalue weighted by atomic mass is 32.1. The summed E-state index contributed by atoms with van der Waals surface area (Å²) in [6.07, 6.45) is -7.22. The Morgan fingerprint density at radius 2 is 0.721 bits per heavy atom. The van der Waals surface area contributed by atoms with Gasteiger partial charge in [0, 0.05) is 5.56 Å². The predicted molar refractivity (Wildman–Crippen MR) is 169 cm³/mol. The molecule has 61 heavy (non-hydrogen) atoms. The number of Topliss-reactive ketones (excluding diaryl/α,β-unsaturated/α-hetero) is 1. The molecule has 0 saturated heterocycles. The van der Waals surface area contributed by atoms with Crippen molar-refractivity contribution in [3.05, 3.63) is 169 Å². The summed E-state index contributed by atoms with van der Waals surface area (Å²) < 4.78 is 296. The average Bonchev–Trinajstić information content (AvgIpc) is 3.70. The second-order valence-electron chi connectivity index (χ2n) is 12.1. The van der Waals surface area contributed by atoms with Crippen molar-refractivity contribution in [1.82, 2.24) is 0 Å². The highest BCUT2D eigenvalue weighted by Gasteiger charge is 2.52. The molecule has 0 atom stereocenters. The summed E-state index contributed by atoms with van der Waals surface area (Å²) >= 11 is 1.42. The Morgan fingerprint density at radius 1 is 0.459 bits per heavy atom. The Hall–Kier alpha value is -6.45. The van der Waals surface area contributed by atoms with Crippen LogP contribution in [-0.4, -0.2) is 11.9 Å². The average molecular weight is 908 g/mol. The van der Waals surface area contributed by atoms with E-state index in [1.54, 1.807) is 27.6 Å². The zero-order valence-corrected chi connectivity index (χ0v) is 29.4. The maximum Gasteiger partial charge on any atom is 0.294 e. The standard InChI is InChI=1S/C24BF20.C12H9N2OS/c26-5-1(6(27)14(35)21(42)13(5)34)25(2-7(28)15(36)22(43)16(37)8(2)29,3-9(30)17(38)23(44)18(39)10(3)31)4-11(32)19(40)24(45)20(41)12(4)33;13-6-11-8-16-9-14(11)7-12(15)10-4-2-1-3-5-10/h;1-5,8-9H,7H2/q-1;+1. The van der Waals surface area contributed by atoms with Crippen LogP contribution in [0.1, 0.15) is 16.1 Å². The lowest BCUT2D eigenvalue weighted by molar-refractivity contribution is -0.680. The summed E-state index contributed by atoms with van der Waals surface area (Å²) in [4.78, 5) is 11.9. The smallest absolute Gasteiger partial charge is 0.287 e. The summed E-state index contributed by atoms with van der Waals surface area (Å²) in [7, 11) is 0. The van der Waals surface area contributed by atoms with Gasteiger partial charge in [0.1, 0.15) is 52.7 Å². The number of carbonyl (C=O) groups is 1. The van der Waals surface area contributed by atoms with Gasteiger partial charge in [0.05, 0.1) is 5.38 Å². The molecule has 0 aliphatic heterocycles. The van der Waals surface area contributed by atoms with Crippen LogP contribution < -0.4 is 26.4 Å². The molecule has 1 heterocycles. The molecule has 0 spiro atoms. The second kappa shape index (κ2) is 16.9. The molecule has 0 bridgehead atoms. The fourth-order valence-corrected chi connectivity index (χ4v) is 6.96. The van der Waals surface area contributed by atoms with Gasteiger partial charge >= 0.3 is 0 Å². The minimum Gasteiger partial charge on any atom is -0.287 e. The first-order valence-electron chi connectivity index (χ1n) is 15.7. The van der Waals surface area contributed by atoms with Crippen molar-refractivity contribution in [2.75, 3.05) is 0 Å². The molecule has 0 amide bonds. The molecule has 6 rings (SSSR count). The van der Waals surface area contributed by atoms with Gasteiger partial charge in [-0.1, -0.05) is 41.7 Å². The van der Waals surface area contributed by atoms with Gasteiger partial charge in [-0.15, -0.1) is 21.9 Å². The Labute approximate surface area is 328 Å². The summed E-state index contributed by atoms with van der Waals surface area (Å²) in [6, 6.07) is 11.1. The second-order valence-corrected chi connectivity index (χ2v) is 12.8. The number of nitrogens with zero attached hydrogens (tertiary/aromatic N) is 2. The van der Waals surface area contributed by atoms with Crippen molar-refractivity contribution in [3.63, 3.8) is 0 Å². The van der Waals surface area contributed by atoms with Gasteiger partial charge < -0.3 is 0 Å². The topological polar surface area (TPSA) is 44.7 Å². The van der Waals surface area contributed by atoms with E-state index in [1.807, 2.05) is 18.2 Å². The molecular weight excluding hydrogens is 899 g/mol. The molecule has 1 aromatic heterocycles. The summed E-state index contributed by atoms with van der Waals surface area (Å²) in [6.45, 7) is 0.219. The van der Waals surface area contributed by atoms with Crippen molar-refractivity contribution in [2.45, 2.75) is 6.54 Å². The Kier molecular flexibility index (Phi) is 12.6. The van der Waals surface area contributed by atoms with Gasteiger partial charge in [0.25, 0.3) is 5.69 Å². The van der Waals surface area contributed by atoms with Crippen molar-refractivity contribution in [2.24, 2.45) is 0 Å². The molecule has 5 aromatic carbocycles. The number of rotatable bonds is 7. The first-order chi connectivity index (χ1) is 28.5. The number of hydrogen-bond donors (Lipinski definition) is 0. The van der Waals surface area contributed by atoms with E-state index >= 15 is 35.1 Å². The monoisotopic (exact) mass is 908 g/mol. The van der Waals surface area contributed by atoms with Crippen LogP contribution in [0.15, 0.2) is 41.2 Å². The highest BCUT2D eigenvalue weighted by molar-refractivity contribution is 7.20. The molecule has 0 saturated carbocycles. The number of nitriles is 1. The van der Waals surface area contributed by atoms with Crippen LogP contribution in [0.2, 0.25) is 0 Å². The van der Waals surface area contributed by atoms with E-state index in [4.69, 9.17) is 5.26 Å². The fraction of sp³-hybridized carbons (Fsp3) is 0.0278. The number of ketones is 1. The van der Waals surface area contributed by atoms with Gasteiger partial charge in [-0.2, -0.15) is 9.83 Å². The molecule has 318 valence electrons. The van der Waals surface area contributed by atoms with Crippen LogP contribution in [0.25, 0.3) is 0 Å². The highest BCUT2D eigenvalue weighted by Crippen LogP contribution is 2.30. The summed E-state index contributed by atoms with van der Waals surface area (Å²) in [5.41, 5.74) is -11.4. The molecule has 0 aliphatic carbocycles. The van der Waals surface area contributed by atoms with E-state index in [2.05, 4.69) is 6.07 Å². The number of hydrogen-bond acceptors (Lipinski definition) is 3. The third kappa shape index (κ3) is 7.10. The minimum atomic E-state index is -7.22. The van der Waals surface area contributed by atoms with Crippen LogP contribution in [0.5, 0.6) is 0 Å². The third-order valence-electron chi connectivity index (χ3n) is 8.91. The van der Waals surface area contributed by atoms with Crippen LogP contribution in [0, 0.1) is 128 Å². The van der Waals surface area contributed by atoms with Gasteiger partial charge in [0.2, 0.25) is 17.8 Å². The van der Waals surface area contributed by atoms with Crippen molar-refractivity contribution < 1.29 is 97.2 Å². The van der Waals surface area contributed by atoms with Crippen LogP contribution in [-0.2, 0) is 6.54 Å². The minimum absolute atomic E-state index is 0.0144. The Balaban J connectivity index is 0.000000366. The molecule has 6 aromatic rings. The van der Waals surface area contributed by atoms with Crippen LogP contribution >= 0.6 is 11.3 Å². The van der Waals surface area contributed by atoms with E-state index in [0.717, 1.165) is 0 Å². The van der Waals surface area contributed by atoms with Gasteiger partial charge in [-0.25, -0.2) is 87.8 Å². The Morgan fingerprint density at radius 3 is 0.984 bits per heavy atom. The number of carbonyl (C=O) groups excluding carboxylic acids is 1. The molecule has 0 unspecified atom stereocenters. The predicted octanol–water partition coefficient (Wildman–Crippen LogP) is 7.64. The van der Waals surface area contributed by atoms with Crippen molar-refractivity contribution in [3.8, 4) is 6.07 Å². The fourth-order valence-electron chi connectivity index (χ4n) is 6.25. The normalized spacial score (nSPS) is 11.4. The number of thiazole rings is 1. The number of halogens is 20. The van der Waals surface area contributed by atoms with E-state index in [1.165, 1.54) is 11.3 Å². The first-order valence-corrected chi connectivity index (χ1v) is 16.6. The van der Waals surface area contributed by atoms with E-state index in [9.17, 15) is 57.5 Å². The summed E-state index contributed by atoms with van der Waals surface area (Å²) in [5.74, 6) is -71.4. The van der Waals surface area contributed by atoms with Crippen molar-refractivity contribution in [1.29, 1.82) is 5.26 Å². The van der Waals surface area contributed by atoms with Crippen molar-refractivity contribution >= 4 is 45.1 Å². The zero-order valence-electron chi connectivity index (χ0n) is 28.6. The molecule has 0 N–H and O–H groups in total. The lowest BCUT2D eigenvalue weighted by Crippen LogP contribution is -2.81. The van der Waals surface area contributed by atoms with Crippen LogP contribution in [0.4, 0.5) is 87.8 Å². The molecule has 0 radical (unpaired) electrons.